The van der Waals surface area contributed by atoms with Crippen molar-refractivity contribution in [3.63, 3.8) is 0 Å². The van der Waals surface area contributed by atoms with Crippen molar-refractivity contribution in [2.24, 2.45) is 0 Å². The van der Waals surface area contributed by atoms with Crippen molar-refractivity contribution in [1.29, 1.82) is 0 Å². The fourth-order valence-electron chi connectivity index (χ4n) is 2.63. The normalized spacial score (nSPS) is 11.0. The van der Waals surface area contributed by atoms with Crippen molar-refractivity contribution < 1.29 is 4.79 Å². The van der Waals surface area contributed by atoms with Crippen LogP contribution in [0.2, 0.25) is 5.02 Å². The maximum Gasteiger partial charge on any atom is 0.173 e. The van der Waals surface area contributed by atoms with Crippen molar-refractivity contribution in [1.82, 2.24) is 4.98 Å². The quantitative estimate of drug-likeness (QED) is 0.282. The fourth-order valence-corrected chi connectivity index (χ4v) is 4.74. The van der Waals surface area contributed by atoms with Crippen LogP contribution in [-0.4, -0.2) is 16.5 Å². The van der Waals surface area contributed by atoms with Crippen LogP contribution < -0.4 is 0 Å². The van der Waals surface area contributed by atoms with E-state index in [9.17, 15) is 4.79 Å². The van der Waals surface area contributed by atoms with Gasteiger partial charge in [0.15, 0.2) is 10.1 Å². The molecule has 0 fully saturated rings. The Kier molecular flexibility index (Phi) is 5.07. The minimum absolute atomic E-state index is 0.104. The predicted octanol–water partition coefficient (Wildman–Crippen LogP) is 6.59. The zero-order valence-corrected chi connectivity index (χ0v) is 16.1. The standard InChI is InChI=1S/C21H14ClNOS2/c22-17-10-11-20-18(12-17)23-21(26-20)25-13-19(24)16-8-6-15(7-9-16)14-4-2-1-3-5-14/h1-12H,13H2. The van der Waals surface area contributed by atoms with E-state index in [1.165, 1.54) is 11.8 Å². The van der Waals surface area contributed by atoms with Gasteiger partial charge in [0.2, 0.25) is 0 Å². The van der Waals surface area contributed by atoms with E-state index in [0.717, 1.165) is 31.2 Å². The molecule has 0 aliphatic rings. The highest BCUT2D eigenvalue weighted by atomic mass is 35.5. The van der Waals surface area contributed by atoms with Gasteiger partial charge in [0.1, 0.15) is 0 Å². The first-order chi connectivity index (χ1) is 12.7. The first-order valence-corrected chi connectivity index (χ1v) is 10.2. The van der Waals surface area contributed by atoms with Gasteiger partial charge in [-0.2, -0.15) is 0 Å². The van der Waals surface area contributed by atoms with Gasteiger partial charge in [0.25, 0.3) is 0 Å². The summed E-state index contributed by atoms with van der Waals surface area (Å²) in [6.07, 6.45) is 0. The summed E-state index contributed by atoms with van der Waals surface area (Å²) in [6, 6.07) is 23.6. The van der Waals surface area contributed by atoms with E-state index < -0.39 is 0 Å². The Morgan fingerprint density at radius 3 is 2.46 bits per heavy atom. The van der Waals surface area contributed by atoms with Gasteiger partial charge in [0, 0.05) is 10.6 Å². The molecule has 0 saturated carbocycles. The molecule has 0 unspecified atom stereocenters. The Bertz CT molecular complexity index is 1060. The molecule has 26 heavy (non-hydrogen) atoms. The zero-order valence-electron chi connectivity index (χ0n) is 13.7. The van der Waals surface area contributed by atoms with Crippen LogP contribution >= 0.6 is 34.7 Å². The van der Waals surface area contributed by atoms with Gasteiger partial charge in [-0.1, -0.05) is 78.0 Å². The summed E-state index contributed by atoms with van der Waals surface area (Å²) >= 11 is 9.05. The smallest absolute Gasteiger partial charge is 0.173 e. The molecule has 0 radical (unpaired) electrons. The van der Waals surface area contributed by atoms with E-state index >= 15 is 0 Å². The summed E-state index contributed by atoms with van der Waals surface area (Å²) in [5, 5.41) is 0.675. The van der Waals surface area contributed by atoms with Crippen molar-refractivity contribution in [3.8, 4) is 11.1 Å². The highest BCUT2D eigenvalue weighted by Crippen LogP contribution is 2.31. The second kappa shape index (κ2) is 7.62. The average Bonchev–Trinajstić information content (AvgIpc) is 3.09. The van der Waals surface area contributed by atoms with E-state index in [2.05, 4.69) is 17.1 Å². The lowest BCUT2D eigenvalue weighted by molar-refractivity contribution is 0.102. The molecule has 128 valence electrons. The predicted molar refractivity (Wildman–Crippen MR) is 112 cm³/mol. The van der Waals surface area contributed by atoms with Gasteiger partial charge in [-0.25, -0.2) is 4.98 Å². The van der Waals surface area contributed by atoms with Crippen LogP contribution in [0.25, 0.3) is 21.3 Å². The molecule has 0 aliphatic heterocycles. The average molecular weight is 396 g/mol. The monoisotopic (exact) mass is 395 g/mol. The van der Waals surface area contributed by atoms with Crippen LogP contribution in [0.1, 0.15) is 10.4 Å². The van der Waals surface area contributed by atoms with Crippen LogP contribution in [0.4, 0.5) is 0 Å². The molecule has 3 aromatic carbocycles. The van der Waals surface area contributed by atoms with E-state index in [0.29, 0.717) is 10.8 Å². The number of hydrogen-bond acceptors (Lipinski definition) is 4. The number of halogens is 1. The van der Waals surface area contributed by atoms with Crippen molar-refractivity contribution in [2.75, 3.05) is 5.75 Å². The Morgan fingerprint density at radius 2 is 1.69 bits per heavy atom. The third-order valence-electron chi connectivity index (χ3n) is 3.97. The van der Waals surface area contributed by atoms with E-state index in [1.807, 2.05) is 60.7 Å². The number of carbonyl (C=O) groups is 1. The first-order valence-electron chi connectivity index (χ1n) is 8.07. The molecular weight excluding hydrogens is 382 g/mol. The molecule has 0 bridgehead atoms. The third kappa shape index (κ3) is 3.83. The molecule has 0 atom stereocenters. The van der Waals surface area contributed by atoms with Crippen LogP contribution in [-0.2, 0) is 0 Å². The molecule has 1 heterocycles. The minimum Gasteiger partial charge on any atom is -0.293 e. The minimum atomic E-state index is 0.104. The number of benzene rings is 3. The fraction of sp³-hybridized carbons (Fsp3) is 0.0476. The summed E-state index contributed by atoms with van der Waals surface area (Å²) in [4.78, 5) is 17.0. The number of thiazole rings is 1. The largest absolute Gasteiger partial charge is 0.293 e. The first kappa shape index (κ1) is 17.3. The van der Waals surface area contributed by atoms with Crippen LogP contribution in [0.3, 0.4) is 0 Å². The summed E-state index contributed by atoms with van der Waals surface area (Å²) in [5.74, 6) is 0.477. The lowest BCUT2D eigenvalue weighted by atomic mass is 10.0. The molecule has 0 spiro atoms. The molecule has 5 heteroatoms. The topological polar surface area (TPSA) is 30.0 Å². The zero-order chi connectivity index (χ0) is 17.9. The van der Waals surface area contributed by atoms with E-state index in [4.69, 9.17) is 11.6 Å². The van der Waals surface area contributed by atoms with Crippen LogP contribution in [0.15, 0.2) is 77.1 Å². The highest BCUT2D eigenvalue weighted by molar-refractivity contribution is 8.01. The number of nitrogens with zero attached hydrogens (tertiary/aromatic N) is 1. The maximum atomic E-state index is 12.5. The van der Waals surface area contributed by atoms with E-state index in [-0.39, 0.29) is 5.78 Å². The van der Waals surface area contributed by atoms with Crippen molar-refractivity contribution in [3.05, 3.63) is 83.4 Å². The molecule has 0 aliphatic carbocycles. The Balaban J connectivity index is 1.44. The number of fused-ring (bicyclic) bond motifs is 1. The van der Waals surface area contributed by atoms with Gasteiger partial charge < -0.3 is 0 Å². The molecule has 4 rings (SSSR count). The number of carbonyl (C=O) groups excluding carboxylic acids is 1. The van der Waals surface area contributed by atoms with Crippen molar-refractivity contribution in [2.45, 2.75) is 4.34 Å². The second-order valence-corrected chi connectivity index (χ2v) is 8.44. The van der Waals surface area contributed by atoms with Crippen molar-refractivity contribution >= 4 is 50.7 Å². The van der Waals surface area contributed by atoms with Crippen LogP contribution in [0.5, 0.6) is 0 Å². The number of aromatic nitrogens is 1. The number of Topliss-reactive ketones (excluding diaryl/α,β-unsaturated/α-hetero) is 1. The molecule has 2 nitrogen and oxygen atoms in total. The van der Waals surface area contributed by atoms with Crippen LogP contribution in [0, 0.1) is 0 Å². The van der Waals surface area contributed by atoms with Gasteiger partial charge in [-0.15, -0.1) is 11.3 Å². The Labute approximate surface area is 164 Å². The second-order valence-electron chi connectivity index (χ2n) is 5.75. The number of thioether (sulfide) groups is 1. The maximum absolute atomic E-state index is 12.5. The van der Waals surface area contributed by atoms with Gasteiger partial charge in [-0.3, -0.25) is 4.79 Å². The van der Waals surface area contributed by atoms with E-state index in [1.54, 1.807) is 11.3 Å². The Morgan fingerprint density at radius 1 is 0.962 bits per heavy atom. The number of rotatable bonds is 5. The van der Waals surface area contributed by atoms with Gasteiger partial charge >= 0.3 is 0 Å². The summed E-state index contributed by atoms with van der Waals surface area (Å²) in [7, 11) is 0. The van der Waals surface area contributed by atoms with Gasteiger partial charge in [0.05, 0.1) is 16.0 Å². The molecule has 1 aromatic heterocycles. The lowest BCUT2D eigenvalue weighted by Crippen LogP contribution is -2.01. The number of ketones is 1. The molecule has 0 N–H and O–H groups in total. The third-order valence-corrected chi connectivity index (χ3v) is 6.39. The summed E-state index contributed by atoms with van der Waals surface area (Å²) in [6.45, 7) is 0. The highest BCUT2D eigenvalue weighted by Gasteiger charge is 2.10. The molecule has 4 aromatic rings. The molecule has 0 saturated heterocycles. The lowest BCUT2D eigenvalue weighted by Gasteiger charge is -2.03. The molecule has 0 amide bonds. The molecular formula is C21H14ClNOS2. The number of hydrogen-bond donors (Lipinski definition) is 0. The summed E-state index contributed by atoms with van der Waals surface area (Å²) in [5.41, 5.74) is 3.86. The Hall–Kier alpha value is -2.14. The SMILES string of the molecule is O=C(CSc1nc2cc(Cl)ccc2s1)c1ccc(-c2ccccc2)cc1. The summed E-state index contributed by atoms with van der Waals surface area (Å²) < 4.78 is 1.97. The van der Waals surface area contributed by atoms with Gasteiger partial charge in [-0.05, 0) is 29.3 Å².